The van der Waals surface area contributed by atoms with Gasteiger partial charge in [0.15, 0.2) is 39.9 Å². The summed E-state index contributed by atoms with van der Waals surface area (Å²) in [5, 5.41) is 15.3. The molecule has 4 aromatic heterocycles. The fourth-order valence-corrected chi connectivity index (χ4v) is 10.7. The Balaban J connectivity index is 0.759. The predicted octanol–water partition coefficient (Wildman–Crippen LogP) is 5.72. The van der Waals surface area contributed by atoms with Gasteiger partial charge in [-0.2, -0.15) is 4.98 Å². The average Bonchev–Trinajstić information content (AvgIpc) is 3.84. The van der Waals surface area contributed by atoms with E-state index in [4.69, 9.17) is 29.7 Å². The number of Topliss-reactive ketones (excluding diaryl/α,β-unsaturated/α-hetero) is 1. The lowest BCUT2D eigenvalue weighted by atomic mass is 9.93. The summed E-state index contributed by atoms with van der Waals surface area (Å²) in [6.45, 7) is 2.95. The third-order valence-corrected chi connectivity index (χ3v) is 15.4. The Kier molecular flexibility index (Phi) is 16.1. The van der Waals surface area contributed by atoms with Crippen molar-refractivity contribution in [1.82, 2.24) is 39.7 Å². The molecule has 3 aromatic carbocycles. The molecular formula is C50H53N9O11S2. The average molecular weight is 1020 g/mol. The van der Waals surface area contributed by atoms with Crippen molar-refractivity contribution in [2.75, 3.05) is 52.6 Å². The van der Waals surface area contributed by atoms with Crippen LogP contribution in [0.3, 0.4) is 0 Å². The van der Waals surface area contributed by atoms with Crippen molar-refractivity contribution in [3.63, 3.8) is 0 Å². The van der Waals surface area contributed by atoms with Crippen molar-refractivity contribution in [1.29, 1.82) is 0 Å². The molecule has 0 bridgehead atoms. The number of hydrogen-bond donors (Lipinski definition) is 4. The van der Waals surface area contributed by atoms with Gasteiger partial charge in [-0.15, -0.1) is 0 Å². The van der Waals surface area contributed by atoms with Crippen LogP contribution in [0.25, 0.3) is 43.7 Å². The molecule has 1 aliphatic rings. The lowest BCUT2D eigenvalue weighted by Crippen LogP contribution is -2.33. The van der Waals surface area contributed by atoms with E-state index in [2.05, 4.69) is 25.3 Å². The zero-order valence-corrected chi connectivity index (χ0v) is 41.7. The second kappa shape index (κ2) is 22.7. The molecule has 22 heteroatoms. The Morgan fingerprint density at radius 2 is 1.65 bits per heavy atom. The molecule has 5 N–H and O–H groups in total. The summed E-state index contributed by atoms with van der Waals surface area (Å²) in [7, 11) is 7.95. The molecule has 0 radical (unpaired) electrons. The molecule has 0 saturated heterocycles. The van der Waals surface area contributed by atoms with Crippen LogP contribution in [0.2, 0.25) is 0 Å². The maximum atomic E-state index is 14.3. The highest BCUT2D eigenvalue weighted by Gasteiger charge is 2.25. The number of benzene rings is 3. The zero-order valence-electron chi connectivity index (χ0n) is 40.0. The minimum Gasteiger partial charge on any atom is -0.493 e. The summed E-state index contributed by atoms with van der Waals surface area (Å²) < 4.78 is 24.1. The SMILES string of the molecule is COc1cc2c(=O)n(CCN(C)C(=O)CCC(C)SSCCNC(=O)CC[C@H](CC(=O)c3ccc(CCc4cnc5nc(N)[nH]c(=O)c5n4)cc3)C(=O)O)c3c4cc5c(cc4ncc3c2cc1OC)OCO5. The fraction of sp³-hybridized carbons (Fsp3) is 0.360. The number of nitrogens with zero attached hydrogens (tertiary/aromatic N) is 6. The van der Waals surface area contributed by atoms with Crippen LogP contribution in [0, 0.1) is 5.92 Å². The molecule has 72 heavy (non-hydrogen) atoms. The van der Waals surface area contributed by atoms with Crippen LogP contribution in [0.4, 0.5) is 5.95 Å². The third kappa shape index (κ3) is 11.7. The van der Waals surface area contributed by atoms with Gasteiger partial charge in [0.1, 0.15) is 0 Å². The highest BCUT2D eigenvalue weighted by Crippen LogP contribution is 2.40. The number of ketones is 1. The summed E-state index contributed by atoms with van der Waals surface area (Å²) in [5.74, 6) is -0.330. The van der Waals surface area contributed by atoms with E-state index >= 15 is 0 Å². The number of carboxylic acid groups (broad SMARTS) is 1. The van der Waals surface area contributed by atoms with E-state index < -0.39 is 17.4 Å². The number of aryl methyl sites for hydroxylation is 2. The van der Waals surface area contributed by atoms with Gasteiger partial charge in [-0.1, -0.05) is 52.8 Å². The first-order valence-electron chi connectivity index (χ1n) is 23.2. The molecule has 0 aliphatic carbocycles. The van der Waals surface area contributed by atoms with Crippen molar-refractivity contribution in [3.05, 3.63) is 98.5 Å². The van der Waals surface area contributed by atoms with Gasteiger partial charge in [-0.05, 0) is 49.4 Å². The first kappa shape index (κ1) is 50.9. The summed E-state index contributed by atoms with van der Waals surface area (Å²) >= 11 is 0. The van der Waals surface area contributed by atoms with Crippen LogP contribution in [0.5, 0.6) is 23.0 Å². The molecular weight excluding hydrogens is 967 g/mol. The number of amides is 2. The van der Waals surface area contributed by atoms with Crippen molar-refractivity contribution >= 4 is 94.8 Å². The summed E-state index contributed by atoms with van der Waals surface area (Å²) in [4.78, 5) is 99.0. The monoisotopic (exact) mass is 1020 g/mol. The minimum atomic E-state index is -1.15. The molecule has 8 rings (SSSR count). The first-order chi connectivity index (χ1) is 34.7. The normalized spacial score (nSPS) is 12.8. The number of pyridine rings is 2. The van der Waals surface area contributed by atoms with Gasteiger partial charge in [0, 0.05) is 90.9 Å². The third-order valence-electron chi connectivity index (χ3n) is 12.4. The number of ether oxygens (including phenoxy) is 4. The molecule has 2 atom stereocenters. The maximum Gasteiger partial charge on any atom is 0.306 e. The highest BCUT2D eigenvalue weighted by atomic mass is 33.1. The van der Waals surface area contributed by atoms with Gasteiger partial charge in [-0.3, -0.25) is 38.7 Å². The van der Waals surface area contributed by atoms with Gasteiger partial charge in [0.25, 0.3) is 11.1 Å². The fourth-order valence-electron chi connectivity index (χ4n) is 8.40. The molecule has 0 saturated carbocycles. The first-order valence-corrected chi connectivity index (χ1v) is 25.5. The number of carbonyl (C=O) groups excluding carboxylic acids is 3. The van der Waals surface area contributed by atoms with Crippen molar-refractivity contribution < 1.29 is 43.2 Å². The number of H-pyrrole nitrogens is 1. The lowest BCUT2D eigenvalue weighted by Gasteiger charge is -2.21. The number of methoxy groups -OCH3 is 2. The van der Waals surface area contributed by atoms with Crippen LogP contribution in [0.15, 0.2) is 70.5 Å². The summed E-state index contributed by atoms with van der Waals surface area (Å²) in [5.41, 5.74) is 8.22. The van der Waals surface area contributed by atoms with E-state index in [1.807, 2.05) is 13.0 Å². The predicted molar refractivity (Wildman–Crippen MR) is 275 cm³/mol. The molecule has 0 spiro atoms. The number of aliphatic carboxylic acids is 1. The van der Waals surface area contributed by atoms with Gasteiger partial charge in [0.2, 0.25) is 24.6 Å². The number of nitrogen functional groups attached to an aromatic ring is 1. The molecule has 376 valence electrons. The Hall–Kier alpha value is -7.46. The van der Waals surface area contributed by atoms with Gasteiger partial charge in [0.05, 0.1) is 48.4 Å². The Bertz CT molecular complexity index is 3330. The number of rotatable bonds is 23. The van der Waals surface area contributed by atoms with Gasteiger partial charge < -0.3 is 44.6 Å². The van der Waals surface area contributed by atoms with E-state index in [1.165, 1.54) is 20.4 Å². The quantitative estimate of drug-likeness (QED) is 0.0258. The smallest absolute Gasteiger partial charge is 0.306 e. The molecule has 1 aliphatic heterocycles. The molecule has 20 nitrogen and oxygen atoms in total. The number of carboxylic acids is 1. The molecule has 7 aromatic rings. The van der Waals surface area contributed by atoms with E-state index in [0.29, 0.717) is 99.4 Å². The van der Waals surface area contributed by atoms with E-state index in [9.17, 15) is 33.9 Å². The number of nitrogens with two attached hydrogens (primary N) is 1. The molecule has 5 heterocycles. The zero-order chi connectivity index (χ0) is 51.1. The summed E-state index contributed by atoms with van der Waals surface area (Å²) in [6.07, 6.45) is 4.91. The van der Waals surface area contributed by atoms with Gasteiger partial charge in [-0.25, -0.2) is 9.97 Å². The number of aromatic nitrogens is 6. The Morgan fingerprint density at radius 1 is 0.917 bits per heavy atom. The molecule has 0 fully saturated rings. The van der Waals surface area contributed by atoms with E-state index in [0.717, 1.165) is 10.9 Å². The van der Waals surface area contributed by atoms with Crippen LogP contribution in [-0.4, -0.2) is 115 Å². The van der Waals surface area contributed by atoms with Crippen LogP contribution < -0.4 is 41.1 Å². The van der Waals surface area contributed by atoms with Crippen molar-refractivity contribution in [2.45, 2.75) is 63.7 Å². The highest BCUT2D eigenvalue weighted by molar-refractivity contribution is 8.76. The standard InChI is InChI=1S/C50H53N9O11S2/c1-27(5-14-43(62)58(2)16-17-59-45-34-22-40-41(70-26-69-40)23-36(34)53-25-35(45)32-20-38(67-3)39(68-4)21-33(32)48(59)64)72-71-18-15-52-42(61)13-11-30(49(65)66)19-37(60)29-9-6-28(7-10-29)8-12-31-24-54-46-44(55-31)47(63)57-50(51)56-46/h6-7,9-10,20-25,27,30H,5,8,11-19,26H2,1-4H3,(H,52,61)(H,65,66)(H3,51,54,56,57,63)/t27?,30-/m1/s1. The van der Waals surface area contributed by atoms with E-state index in [1.54, 1.807) is 86.8 Å². The summed E-state index contributed by atoms with van der Waals surface area (Å²) in [6, 6.07) is 13.9. The number of likely N-dealkylation sites (N-methyl/N-ethyl adjacent to an activating group) is 1. The number of hydrogen-bond acceptors (Lipinski definition) is 17. The topological polar surface area (TPSA) is 273 Å². The number of nitrogens with one attached hydrogen (secondary N) is 2. The van der Waals surface area contributed by atoms with Crippen molar-refractivity contribution in [2.24, 2.45) is 5.92 Å². The lowest BCUT2D eigenvalue weighted by molar-refractivity contribution is -0.142. The van der Waals surface area contributed by atoms with Crippen LogP contribution in [0.1, 0.15) is 60.6 Å². The van der Waals surface area contributed by atoms with Crippen molar-refractivity contribution in [3.8, 4) is 23.0 Å². The van der Waals surface area contributed by atoms with E-state index in [-0.39, 0.29) is 84.7 Å². The Morgan fingerprint density at radius 3 is 2.39 bits per heavy atom. The number of fused-ring (bicyclic) bond motifs is 7. The minimum absolute atomic E-state index is 0.00580. The van der Waals surface area contributed by atoms with Crippen LogP contribution in [-0.2, 0) is 33.8 Å². The largest absolute Gasteiger partial charge is 0.493 e. The number of aromatic amines is 1. The maximum absolute atomic E-state index is 14.3. The molecule has 2 amide bonds. The van der Waals surface area contributed by atoms with Gasteiger partial charge >= 0.3 is 5.97 Å². The van der Waals surface area contributed by atoms with Crippen LogP contribution >= 0.6 is 21.6 Å². The number of anilines is 1. The second-order valence-electron chi connectivity index (χ2n) is 17.3. The second-order valence-corrected chi connectivity index (χ2v) is 20.2. The Labute approximate surface area is 419 Å². The number of carbonyl (C=O) groups is 4. The molecule has 1 unspecified atom stereocenters.